The van der Waals surface area contributed by atoms with E-state index in [9.17, 15) is 4.79 Å². The Labute approximate surface area is 149 Å². The third-order valence-corrected chi connectivity index (χ3v) is 4.19. The van der Waals surface area contributed by atoms with Crippen molar-refractivity contribution in [1.82, 2.24) is 9.78 Å². The summed E-state index contributed by atoms with van der Waals surface area (Å²) in [5.41, 5.74) is 4.41. The number of hydrogen-bond acceptors (Lipinski definition) is 3. The molecule has 0 saturated carbocycles. The van der Waals surface area contributed by atoms with Gasteiger partial charge in [0.15, 0.2) is 0 Å². The van der Waals surface area contributed by atoms with Crippen LogP contribution in [0.15, 0.2) is 53.0 Å². The minimum absolute atomic E-state index is 0.409. The van der Waals surface area contributed by atoms with Crippen LogP contribution in [-0.4, -0.2) is 15.7 Å². The number of ether oxygens (including phenoxy) is 1. The fourth-order valence-corrected chi connectivity index (χ4v) is 2.77. The fraction of sp³-hybridized carbons (Fsp3) is 0.158. The number of aryl methyl sites for hydroxylation is 3. The van der Waals surface area contributed by atoms with Crippen LogP contribution in [0.5, 0.6) is 5.88 Å². The zero-order valence-electron chi connectivity index (χ0n) is 13.7. The summed E-state index contributed by atoms with van der Waals surface area (Å²) in [4.78, 5) is 12.4. The van der Waals surface area contributed by atoms with Crippen LogP contribution in [-0.2, 0) is 0 Å². The number of esters is 1. The molecule has 0 fully saturated rings. The summed E-state index contributed by atoms with van der Waals surface area (Å²) in [6.07, 6.45) is 0. The van der Waals surface area contributed by atoms with Gasteiger partial charge in [-0.05, 0) is 56.7 Å². The maximum Gasteiger partial charge on any atom is 0.344 e. The van der Waals surface area contributed by atoms with Crippen molar-refractivity contribution in [2.24, 2.45) is 0 Å². The summed E-state index contributed by atoms with van der Waals surface area (Å²) in [7, 11) is 0. The minimum Gasteiger partial charge on any atom is -0.404 e. The second-order valence-electron chi connectivity index (χ2n) is 5.72. The number of hydrogen-bond donors (Lipinski definition) is 0. The molecule has 122 valence electrons. The highest BCUT2D eigenvalue weighted by Gasteiger charge is 2.16. The Morgan fingerprint density at radius 2 is 1.75 bits per heavy atom. The van der Waals surface area contributed by atoms with Crippen molar-refractivity contribution in [3.05, 3.63) is 75.4 Å². The smallest absolute Gasteiger partial charge is 0.344 e. The molecule has 0 unspecified atom stereocenters. The third kappa shape index (κ3) is 3.41. The van der Waals surface area contributed by atoms with Gasteiger partial charge in [0, 0.05) is 10.5 Å². The molecular weight excluding hydrogens is 368 g/mol. The lowest BCUT2D eigenvalue weighted by Crippen LogP contribution is -2.12. The SMILES string of the molecule is Cc1ccc(-n2nc(C)cc2OC(=O)c2ccc(Br)cc2)c(C)c1. The third-order valence-electron chi connectivity index (χ3n) is 3.66. The molecule has 0 aliphatic rings. The van der Waals surface area contributed by atoms with E-state index in [-0.39, 0.29) is 0 Å². The van der Waals surface area contributed by atoms with Crippen LogP contribution >= 0.6 is 15.9 Å². The second kappa shape index (κ2) is 6.61. The van der Waals surface area contributed by atoms with Gasteiger partial charge in [-0.15, -0.1) is 0 Å². The van der Waals surface area contributed by atoms with Crippen LogP contribution in [0.25, 0.3) is 5.69 Å². The molecule has 3 aromatic rings. The van der Waals surface area contributed by atoms with Crippen LogP contribution in [0, 0.1) is 20.8 Å². The van der Waals surface area contributed by atoms with E-state index in [0.717, 1.165) is 21.4 Å². The van der Waals surface area contributed by atoms with E-state index < -0.39 is 5.97 Å². The lowest BCUT2D eigenvalue weighted by molar-refractivity contribution is 0.0723. The van der Waals surface area contributed by atoms with E-state index in [1.165, 1.54) is 5.56 Å². The summed E-state index contributed by atoms with van der Waals surface area (Å²) in [5.74, 6) is 0.000728. The van der Waals surface area contributed by atoms with Gasteiger partial charge < -0.3 is 4.74 Å². The first-order valence-corrected chi connectivity index (χ1v) is 8.35. The van der Waals surface area contributed by atoms with Crippen LogP contribution < -0.4 is 4.74 Å². The molecule has 0 spiro atoms. The molecule has 0 radical (unpaired) electrons. The van der Waals surface area contributed by atoms with Gasteiger partial charge in [-0.25, -0.2) is 9.48 Å². The number of rotatable bonds is 3. The number of benzene rings is 2. The summed E-state index contributed by atoms with van der Waals surface area (Å²) >= 11 is 3.35. The first-order valence-electron chi connectivity index (χ1n) is 7.56. The lowest BCUT2D eigenvalue weighted by atomic mass is 10.1. The minimum atomic E-state index is -0.409. The predicted octanol–water partition coefficient (Wildman–Crippen LogP) is 4.78. The Morgan fingerprint density at radius 1 is 1.04 bits per heavy atom. The summed E-state index contributed by atoms with van der Waals surface area (Å²) < 4.78 is 8.16. The Kier molecular flexibility index (Phi) is 4.53. The molecule has 0 N–H and O–H groups in total. The molecule has 0 aliphatic heterocycles. The average Bonchev–Trinajstić information content (AvgIpc) is 2.88. The fourth-order valence-electron chi connectivity index (χ4n) is 2.50. The second-order valence-corrected chi connectivity index (χ2v) is 6.64. The molecule has 0 saturated heterocycles. The summed E-state index contributed by atoms with van der Waals surface area (Å²) in [6, 6.07) is 14.9. The van der Waals surface area contributed by atoms with Gasteiger partial charge in [0.05, 0.1) is 16.9 Å². The van der Waals surface area contributed by atoms with E-state index in [1.54, 1.807) is 22.9 Å². The highest BCUT2D eigenvalue weighted by atomic mass is 79.9. The number of nitrogens with zero attached hydrogens (tertiary/aromatic N) is 2. The number of carbonyl (C=O) groups is 1. The molecule has 0 bridgehead atoms. The summed E-state index contributed by atoms with van der Waals surface area (Å²) in [5, 5.41) is 4.46. The van der Waals surface area contributed by atoms with Gasteiger partial charge in [-0.3, -0.25) is 0 Å². The van der Waals surface area contributed by atoms with Crippen molar-refractivity contribution in [3.63, 3.8) is 0 Å². The summed E-state index contributed by atoms with van der Waals surface area (Å²) in [6.45, 7) is 5.93. The molecule has 5 heteroatoms. The Hall–Kier alpha value is -2.40. The molecule has 0 atom stereocenters. The maximum absolute atomic E-state index is 12.4. The van der Waals surface area contributed by atoms with Crippen molar-refractivity contribution in [3.8, 4) is 11.6 Å². The van der Waals surface area contributed by atoms with Crippen LogP contribution in [0.2, 0.25) is 0 Å². The largest absolute Gasteiger partial charge is 0.404 e. The van der Waals surface area contributed by atoms with E-state index in [0.29, 0.717) is 11.4 Å². The van der Waals surface area contributed by atoms with Gasteiger partial charge in [0.1, 0.15) is 0 Å². The highest BCUT2D eigenvalue weighted by Crippen LogP contribution is 2.24. The van der Waals surface area contributed by atoms with E-state index in [4.69, 9.17) is 4.74 Å². The quantitative estimate of drug-likeness (QED) is 0.610. The molecule has 3 rings (SSSR count). The van der Waals surface area contributed by atoms with Gasteiger partial charge in [0.2, 0.25) is 5.88 Å². The van der Waals surface area contributed by atoms with Crippen molar-refractivity contribution in [2.45, 2.75) is 20.8 Å². The van der Waals surface area contributed by atoms with Crippen LogP contribution in [0.4, 0.5) is 0 Å². The zero-order valence-corrected chi connectivity index (χ0v) is 15.3. The lowest BCUT2D eigenvalue weighted by Gasteiger charge is -2.11. The van der Waals surface area contributed by atoms with Gasteiger partial charge in [-0.2, -0.15) is 5.10 Å². The van der Waals surface area contributed by atoms with Gasteiger partial charge in [0.25, 0.3) is 0 Å². The van der Waals surface area contributed by atoms with E-state index in [1.807, 2.05) is 45.0 Å². The number of aromatic nitrogens is 2. The number of halogens is 1. The molecule has 2 aromatic carbocycles. The molecule has 24 heavy (non-hydrogen) atoms. The van der Waals surface area contributed by atoms with E-state index >= 15 is 0 Å². The highest BCUT2D eigenvalue weighted by molar-refractivity contribution is 9.10. The van der Waals surface area contributed by atoms with Crippen molar-refractivity contribution in [1.29, 1.82) is 0 Å². The van der Waals surface area contributed by atoms with Gasteiger partial charge in [-0.1, -0.05) is 33.6 Å². The molecule has 1 heterocycles. The first-order chi connectivity index (χ1) is 11.4. The van der Waals surface area contributed by atoms with E-state index in [2.05, 4.69) is 27.1 Å². The molecule has 0 aliphatic carbocycles. The number of carbonyl (C=O) groups excluding carboxylic acids is 1. The van der Waals surface area contributed by atoms with Gasteiger partial charge >= 0.3 is 5.97 Å². The van der Waals surface area contributed by atoms with Crippen molar-refractivity contribution >= 4 is 21.9 Å². The average molecular weight is 385 g/mol. The van der Waals surface area contributed by atoms with Crippen molar-refractivity contribution in [2.75, 3.05) is 0 Å². The Morgan fingerprint density at radius 3 is 2.42 bits per heavy atom. The zero-order chi connectivity index (χ0) is 17.3. The molecular formula is C19H17BrN2O2. The topological polar surface area (TPSA) is 44.1 Å². The van der Waals surface area contributed by atoms with Crippen LogP contribution in [0.1, 0.15) is 27.2 Å². The normalized spacial score (nSPS) is 10.7. The first kappa shape index (κ1) is 16.5. The molecule has 1 aromatic heterocycles. The standard InChI is InChI=1S/C19H17BrN2O2/c1-12-4-9-17(13(2)10-12)22-18(11-14(3)21-22)24-19(23)15-5-7-16(20)8-6-15/h4-11H,1-3H3. The Balaban J connectivity index is 1.94. The monoisotopic (exact) mass is 384 g/mol. The van der Waals surface area contributed by atoms with Crippen molar-refractivity contribution < 1.29 is 9.53 Å². The predicted molar refractivity (Wildman–Crippen MR) is 96.9 cm³/mol. The van der Waals surface area contributed by atoms with Crippen LogP contribution in [0.3, 0.4) is 0 Å². The maximum atomic E-state index is 12.4. The molecule has 0 amide bonds. The Bertz CT molecular complexity index is 898. The molecule has 4 nitrogen and oxygen atoms in total.